The number of carboxylic acids is 2. The molecule has 4 nitrogen and oxygen atoms in total. The molecule has 0 saturated carbocycles. The summed E-state index contributed by atoms with van der Waals surface area (Å²) in [4.78, 5) is 23.3. The fourth-order valence-electron chi connectivity index (χ4n) is 2.83. The number of aromatic carboxylic acids is 2. The number of carboxylic acid groups (broad SMARTS) is 2. The highest BCUT2D eigenvalue weighted by Crippen LogP contribution is 2.36. The van der Waals surface area contributed by atoms with Crippen molar-refractivity contribution in [2.45, 2.75) is 0 Å². The second-order valence-corrected chi connectivity index (χ2v) is 5.45. The van der Waals surface area contributed by atoms with Gasteiger partial charge in [0.15, 0.2) is 0 Å². The molecular weight excluding hydrogens is 342 g/mol. The van der Waals surface area contributed by atoms with E-state index in [0.717, 1.165) is 24.3 Å². The highest BCUT2D eigenvalue weighted by molar-refractivity contribution is 6.08. The van der Waals surface area contributed by atoms with Crippen LogP contribution in [0.4, 0.5) is 8.78 Å². The minimum absolute atomic E-state index is 0.0748. The van der Waals surface area contributed by atoms with Crippen molar-refractivity contribution in [3.8, 4) is 22.3 Å². The number of hydrogen-bond acceptors (Lipinski definition) is 4. The molecule has 3 aromatic rings. The number of benzene rings is 3. The van der Waals surface area contributed by atoms with E-state index in [1.807, 2.05) is 0 Å². The summed E-state index contributed by atoms with van der Waals surface area (Å²) in [6.07, 6.45) is 0. The highest BCUT2D eigenvalue weighted by Gasteiger charge is 2.21. The number of carbonyl (C=O) groups is 2. The van der Waals surface area contributed by atoms with Gasteiger partial charge in [0, 0.05) is 27.8 Å². The van der Waals surface area contributed by atoms with Gasteiger partial charge in [-0.25, -0.2) is 8.78 Å². The molecule has 0 amide bonds. The fourth-order valence-corrected chi connectivity index (χ4v) is 2.83. The van der Waals surface area contributed by atoms with Gasteiger partial charge >= 0.3 is 0 Å². The number of carbonyl (C=O) groups excluding carboxylic acids is 2. The fraction of sp³-hybridized carbons (Fsp3) is 0. The van der Waals surface area contributed by atoms with Crippen LogP contribution in [0.2, 0.25) is 0 Å². The van der Waals surface area contributed by atoms with Crippen LogP contribution in [0.25, 0.3) is 22.3 Å². The lowest BCUT2D eigenvalue weighted by Gasteiger charge is -2.21. The second-order valence-electron chi connectivity index (χ2n) is 5.45. The average Bonchev–Trinajstić information content (AvgIpc) is 2.61. The number of hydrogen-bond donors (Lipinski definition) is 0. The molecule has 0 saturated heterocycles. The van der Waals surface area contributed by atoms with Crippen molar-refractivity contribution in [2.75, 3.05) is 0 Å². The molecule has 130 valence electrons. The predicted molar refractivity (Wildman–Crippen MR) is 85.9 cm³/mol. The normalized spacial score (nSPS) is 10.5. The molecule has 0 N–H and O–H groups in total. The minimum Gasteiger partial charge on any atom is -0.545 e. The van der Waals surface area contributed by atoms with Crippen LogP contribution in [0.1, 0.15) is 20.7 Å². The first-order chi connectivity index (χ1) is 12.4. The summed E-state index contributed by atoms with van der Waals surface area (Å²) in [5, 5.41) is 23.3. The standard InChI is InChI=1S/C20H12F2O4/c21-15-7-3-1-5-11(15)12-9-10-14(19(23)24)17(18(12)20(25)26)13-6-2-4-8-16(13)22/h1-10H,(H,23,24)(H,25,26)/p-2. The Hall–Kier alpha value is -3.54. The lowest BCUT2D eigenvalue weighted by molar-refractivity contribution is -0.255. The van der Waals surface area contributed by atoms with Gasteiger partial charge in [0.2, 0.25) is 0 Å². The van der Waals surface area contributed by atoms with E-state index in [-0.39, 0.29) is 16.7 Å². The zero-order chi connectivity index (χ0) is 18.8. The van der Waals surface area contributed by atoms with Gasteiger partial charge in [0.05, 0.1) is 11.9 Å². The molecule has 6 heteroatoms. The smallest absolute Gasteiger partial charge is 0.131 e. The van der Waals surface area contributed by atoms with Gasteiger partial charge in [-0.15, -0.1) is 0 Å². The topological polar surface area (TPSA) is 80.3 Å². The summed E-state index contributed by atoms with van der Waals surface area (Å²) >= 11 is 0. The molecule has 0 fully saturated rings. The molecule has 0 aliphatic carbocycles. The van der Waals surface area contributed by atoms with Crippen LogP contribution < -0.4 is 10.2 Å². The third-order valence-corrected chi connectivity index (χ3v) is 3.94. The molecule has 0 unspecified atom stereocenters. The van der Waals surface area contributed by atoms with Crippen LogP contribution >= 0.6 is 0 Å². The van der Waals surface area contributed by atoms with Gasteiger partial charge in [-0.3, -0.25) is 0 Å². The minimum atomic E-state index is -1.76. The van der Waals surface area contributed by atoms with Gasteiger partial charge in [0.1, 0.15) is 11.6 Å². The molecule has 26 heavy (non-hydrogen) atoms. The summed E-state index contributed by atoms with van der Waals surface area (Å²) in [6, 6.07) is 12.7. The summed E-state index contributed by atoms with van der Waals surface area (Å²) in [5.41, 5.74) is -2.04. The van der Waals surface area contributed by atoms with Gasteiger partial charge in [-0.05, 0) is 17.7 Å². The Morgan fingerprint density at radius 3 is 1.69 bits per heavy atom. The molecule has 0 atom stereocenters. The Bertz CT molecular complexity index is 1030. The van der Waals surface area contributed by atoms with E-state index in [9.17, 15) is 28.6 Å². The maximum absolute atomic E-state index is 14.3. The van der Waals surface area contributed by atoms with Crippen LogP contribution in [0.3, 0.4) is 0 Å². The monoisotopic (exact) mass is 352 g/mol. The number of rotatable bonds is 4. The first-order valence-corrected chi connectivity index (χ1v) is 7.51. The molecular formula is C20H10F2O4-2. The van der Waals surface area contributed by atoms with Crippen LogP contribution in [0, 0.1) is 11.6 Å². The first kappa shape index (κ1) is 17.3. The average molecular weight is 352 g/mol. The highest BCUT2D eigenvalue weighted by atomic mass is 19.1. The maximum atomic E-state index is 14.3. The molecule has 0 spiro atoms. The lowest BCUT2D eigenvalue weighted by atomic mass is 9.87. The summed E-state index contributed by atoms with van der Waals surface area (Å²) in [5.74, 6) is -4.99. The number of halogens is 2. The van der Waals surface area contributed by atoms with Gasteiger partial charge in [-0.1, -0.05) is 48.5 Å². The Balaban J connectivity index is 2.46. The van der Waals surface area contributed by atoms with Gasteiger partial charge in [-0.2, -0.15) is 0 Å². The second kappa shape index (κ2) is 6.76. The van der Waals surface area contributed by atoms with Crippen molar-refractivity contribution >= 4 is 11.9 Å². The quantitative estimate of drug-likeness (QED) is 0.720. The zero-order valence-corrected chi connectivity index (χ0v) is 13.2. The SMILES string of the molecule is O=C([O-])c1ccc(-c2ccccc2F)c(C(=O)[O-])c1-c1ccccc1F. The zero-order valence-electron chi connectivity index (χ0n) is 13.2. The van der Waals surface area contributed by atoms with E-state index in [1.165, 1.54) is 36.4 Å². The van der Waals surface area contributed by atoms with Crippen LogP contribution in [0.15, 0.2) is 60.7 Å². The van der Waals surface area contributed by atoms with Crippen LogP contribution in [-0.4, -0.2) is 11.9 Å². The molecule has 3 aromatic carbocycles. The molecule has 0 radical (unpaired) electrons. The molecule has 0 aliphatic heterocycles. The lowest BCUT2D eigenvalue weighted by Crippen LogP contribution is -2.28. The van der Waals surface area contributed by atoms with Gasteiger partial charge in [0.25, 0.3) is 0 Å². The van der Waals surface area contributed by atoms with Crippen molar-refractivity contribution in [1.82, 2.24) is 0 Å². The first-order valence-electron chi connectivity index (χ1n) is 7.51. The molecule has 0 aromatic heterocycles. The van der Waals surface area contributed by atoms with E-state index in [1.54, 1.807) is 0 Å². The maximum Gasteiger partial charge on any atom is 0.131 e. The van der Waals surface area contributed by atoms with Crippen LogP contribution in [-0.2, 0) is 0 Å². The van der Waals surface area contributed by atoms with Crippen molar-refractivity contribution in [3.05, 3.63) is 83.4 Å². The summed E-state index contributed by atoms with van der Waals surface area (Å²) < 4.78 is 28.5. The Labute approximate surface area is 147 Å². The van der Waals surface area contributed by atoms with E-state index in [2.05, 4.69) is 0 Å². The largest absolute Gasteiger partial charge is 0.545 e. The Morgan fingerprint density at radius 1 is 0.654 bits per heavy atom. The Morgan fingerprint density at radius 2 is 1.19 bits per heavy atom. The Kier molecular flexibility index (Phi) is 4.49. The van der Waals surface area contributed by atoms with Crippen molar-refractivity contribution in [2.24, 2.45) is 0 Å². The van der Waals surface area contributed by atoms with Crippen molar-refractivity contribution < 1.29 is 28.6 Å². The van der Waals surface area contributed by atoms with E-state index < -0.39 is 40.3 Å². The van der Waals surface area contributed by atoms with Gasteiger partial charge < -0.3 is 19.8 Å². The molecule has 0 bridgehead atoms. The van der Waals surface area contributed by atoms with Crippen molar-refractivity contribution in [3.63, 3.8) is 0 Å². The molecule has 0 heterocycles. The third-order valence-electron chi connectivity index (χ3n) is 3.94. The van der Waals surface area contributed by atoms with Crippen LogP contribution in [0.5, 0.6) is 0 Å². The van der Waals surface area contributed by atoms with E-state index in [0.29, 0.717) is 0 Å². The summed E-state index contributed by atoms with van der Waals surface area (Å²) in [6.45, 7) is 0. The van der Waals surface area contributed by atoms with E-state index in [4.69, 9.17) is 0 Å². The molecule has 3 rings (SSSR count). The van der Waals surface area contributed by atoms with E-state index >= 15 is 0 Å². The molecule has 0 aliphatic rings. The van der Waals surface area contributed by atoms with Crippen molar-refractivity contribution in [1.29, 1.82) is 0 Å². The third kappa shape index (κ3) is 2.93. The predicted octanol–water partition coefficient (Wildman–Crippen LogP) is 2.03. The summed E-state index contributed by atoms with van der Waals surface area (Å²) in [7, 11) is 0.